The second-order valence-corrected chi connectivity index (χ2v) is 4.29. The van der Waals surface area contributed by atoms with Crippen molar-refractivity contribution in [3.05, 3.63) is 29.6 Å². The van der Waals surface area contributed by atoms with Crippen molar-refractivity contribution < 1.29 is 13.9 Å². The molecule has 0 bridgehead atoms. The number of halogens is 1. The van der Waals surface area contributed by atoms with Gasteiger partial charge in [-0.05, 0) is 18.4 Å². The summed E-state index contributed by atoms with van der Waals surface area (Å²) in [7, 11) is 3.16. The van der Waals surface area contributed by atoms with Gasteiger partial charge in [-0.1, -0.05) is 13.0 Å². The smallest absolute Gasteiger partial charge is 0.131 e. The molecule has 2 atom stereocenters. The maximum absolute atomic E-state index is 13.7. The Morgan fingerprint density at radius 3 is 2.59 bits per heavy atom. The fourth-order valence-electron chi connectivity index (χ4n) is 1.85. The molecule has 4 heteroatoms. The summed E-state index contributed by atoms with van der Waals surface area (Å²) in [6.45, 7) is 2.66. The van der Waals surface area contributed by atoms with Gasteiger partial charge < -0.3 is 15.2 Å². The largest absolute Gasteiger partial charge is 0.497 e. The van der Waals surface area contributed by atoms with Gasteiger partial charge in [0.25, 0.3) is 0 Å². The van der Waals surface area contributed by atoms with Crippen LogP contribution in [0.5, 0.6) is 5.75 Å². The minimum atomic E-state index is -0.318. The molecular formula is C13H20FNO2. The maximum Gasteiger partial charge on any atom is 0.131 e. The molecule has 0 saturated heterocycles. The molecule has 2 N–H and O–H groups in total. The molecule has 0 aromatic heterocycles. The summed E-state index contributed by atoms with van der Waals surface area (Å²) in [6.07, 6.45) is 0.692. The monoisotopic (exact) mass is 241 g/mol. The maximum atomic E-state index is 13.7. The Hall–Kier alpha value is -1.13. The van der Waals surface area contributed by atoms with Gasteiger partial charge in [0.05, 0.1) is 7.11 Å². The summed E-state index contributed by atoms with van der Waals surface area (Å²) in [6, 6.07) is 4.44. The third-order valence-electron chi connectivity index (χ3n) is 2.71. The highest BCUT2D eigenvalue weighted by molar-refractivity contribution is 5.30. The van der Waals surface area contributed by atoms with E-state index in [1.165, 1.54) is 13.2 Å². The van der Waals surface area contributed by atoms with Crippen LogP contribution < -0.4 is 10.5 Å². The Morgan fingerprint density at radius 2 is 2.06 bits per heavy atom. The van der Waals surface area contributed by atoms with Crippen LogP contribution in [0.3, 0.4) is 0 Å². The van der Waals surface area contributed by atoms with Gasteiger partial charge in [-0.2, -0.15) is 0 Å². The molecule has 1 aromatic carbocycles. The molecule has 0 saturated carbocycles. The van der Waals surface area contributed by atoms with Crippen molar-refractivity contribution in [2.24, 2.45) is 11.7 Å². The Labute approximate surface area is 102 Å². The van der Waals surface area contributed by atoms with Crippen LogP contribution in [-0.4, -0.2) is 20.8 Å². The molecule has 17 heavy (non-hydrogen) atoms. The van der Waals surface area contributed by atoms with E-state index in [0.29, 0.717) is 30.3 Å². The number of benzene rings is 1. The van der Waals surface area contributed by atoms with Crippen LogP contribution in [0.1, 0.15) is 24.9 Å². The van der Waals surface area contributed by atoms with Gasteiger partial charge >= 0.3 is 0 Å². The fraction of sp³-hybridized carbons (Fsp3) is 0.538. The molecule has 0 aliphatic carbocycles. The molecule has 0 radical (unpaired) electrons. The average Bonchev–Trinajstić information content (AvgIpc) is 2.28. The molecule has 0 fully saturated rings. The molecule has 0 spiro atoms. The van der Waals surface area contributed by atoms with Crippen LogP contribution in [0.25, 0.3) is 0 Å². The Morgan fingerprint density at radius 1 is 1.35 bits per heavy atom. The number of ether oxygens (including phenoxy) is 2. The van der Waals surface area contributed by atoms with Crippen molar-refractivity contribution in [2.75, 3.05) is 20.8 Å². The van der Waals surface area contributed by atoms with Gasteiger partial charge in [0.2, 0.25) is 0 Å². The van der Waals surface area contributed by atoms with E-state index in [9.17, 15) is 4.39 Å². The minimum Gasteiger partial charge on any atom is -0.497 e. The number of hydrogen-bond acceptors (Lipinski definition) is 3. The summed E-state index contributed by atoms with van der Waals surface area (Å²) >= 11 is 0. The van der Waals surface area contributed by atoms with Crippen LogP contribution in [0.4, 0.5) is 4.39 Å². The molecule has 0 amide bonds. The topological polar surface area (TPSA) is 44.5 Å². The zero-order valence-electron chi connectivity index (χ0n) is 10.6. The molecule has 96 valence electrons. The third-order valence-corrected chi connectivity index (χ3v) is 2.71. The van der Waals surface area contributed by atoms with Crippen molar-refractivity contribution in [1.82, 2.24) is 0 Å². The zero-order chi connectivity index (χ0) is 12.8. The van der Waals surface area contributed by atoms with Gasteiger partial charge in [-0.3, -0.25) is 0 Å². The second kappa shape index (κ2) is 6.57. The number of rotatable bonds is 6. The predicted octanol–water partition coefficient (Wildman–Crippen LogP) is 2.51. The van der Waals surface area contributed by atoms with E-state index in [4.69, 9.17) is 15.2 Å². The number of hydrogen-bond donors (Lipinski definition) is 1. The third kappa shape index (κ3) is 3.98. The standard InChI is InChI=1S/C13H20FNO2/c1-9(8-16-2)6-13(15)11-5-4-10(17-3)7-12(11)14/h4-5,7,9,13H,6,8,15H2,1-3H3. The van der Waals surface area contributed by atoms with E-state index < -0.39 is 0 Å². The number of methoxy groups -OCH3 is 2. The van der Waals surface area contributed by atoms with Crippen molar-refractivity contribution in [3.8, 4) is 5.75 Å². The van der Waals surface area contributed by atoms with Gasteiger partial charge in [0.1, 0.15) is 11.6 Å². The lowest BCUT2D eigenvalue weighted by molar-refractivity contribution is 0.152. The average molecular weight is 241 g/mol. The summed E-state index contributed by atoms with van der Waals surface area (Å²) in [4.78, 5) is 0. The lowest BCUT2D eigenvalue weighted by Crippen LogP contribution is -2.17. The first-order valence-corrected chi connectivity index (χ1v) is 5.66. The zero-order valence-corrected chi connectivity index (χ0v) is 10.6. The van der Waals surface area contributed by atoms with E-state index in [0.717, 1.165) is 0 Å². The summed E-state index contributed by atoms with van der Waals surface area (Å²) < 4.78 is 23.7. The number of nitrogens with two attached hydrogens (primary N) is 1. The van der Waals surface area contributed by atoms with E-state index in [2.05, 4.69) is 0 Å². The normalized spacial score (nSPS) is 14.4. The van der Waals surface area contributed by atoms with E-state index in [1.807, 2.05) is 6.92 Å². The van der Waals surface area contributed by atoms with Crippen molar-refractivity contribution >= 4 is 0 Å². The lowest BCUT2D eigenvalue weighted by Gasteiger charge is -2.17. The van der Waals surface area contributed by atoms with Gasteiger partial charge in [0.15, 0.2) is 0 Å². The van der Waals surface area contributed by atoms with Gasteiger partial charge in [0, 0.05) is 31.4 Å². The molecule has 3 nitrogen and oxygen atoms in total. The van der Waals surface area contributed by atoms with Crippen LogP contribution in [-0.2, 0) is 4.74 Å². The molecule has 2 unspecified atom stereocenters. The molecule has 0 aliphatic heterocycles. The summed E-state index contributed by atoms with van der Waals surface area (Å²) in [5.74, 6) is 0.487. The first kappa shape index (κ1) is 13.9. The highest BCUT2D eigenvalue weighted by Gasteiger charge is 2.15. The first-order chi connectivity index (χ1) is 8.08. The quantitative estimate of drug-likeness (QED) is 0.832. The van der Waals surface area contributed by atoms with Crippen molar-refractivity contribution in [2.45, 2.75) is 19.4 Å². The molecule has 1 aromatic rings. The van der Waals surface area contributed by atoms with Crippen LogP contribution in [0, 0.1) is 11.7 Å². The van der Waals surface area contributed by atoms with E-state index in [-0.39, 0.29) is 11.9 Å². The highest BCUT2D eigenvalue weighted by Crippen LogP contribution is 2.24. The lowest BCUT2D eigenvalue weighted by atomic mass is 9.96. The van der Waals surface area contributed by atoms with Crippen LogP contribution in [0.15, 0.2) is 18.2 Å². The molecule has 1 rings (SSSR count). The van der Waals surface area contributed by atoms with Crippen molar-refractivity contribution in [1.29, 1.82) is 0 Å². The first-order valence-electron chi connectivity index (χ1n) is 5.66. The van der Waals surface area contributed by atoms with Gasteiger partial charge in [-0.25, -0.2) is 4.39 Å². The van der Waals surface area contributed by atoms with Crippen LogP contribution >= 0.6 is 0 Å². The SMILES string of the molecule is COCC(C)CC(N)c1ccc(OC)cc1F. The van der Waals surface area contributed by atoms with E-state index >= 15 is 0 Å². The van der Waals surface area contributed by atoms with Gasteiger partial charge in [-0.15, -0.1) is 0 Å². The van der Waals surface area contributed by atoms with Crippen LogP contribution in [0.2, 0.25) is 0 Å². The predicted molar refractivity (Wildman–Crippen MR) is 65.5 cm³/mol. The minimum absolute atomic E-state index is 0.302. The van der Waals surface area contributed by atoms with Crippen molar-refractivity contribution in [3.63, 3.8) is 0 Å². The second-order valence-electron chi connectivity index (χ2n) is 4.29. The fourth-order valence-corrected chi connectivity index (χ4v) is 1.85. The highest BCUT2D eigenvalue weighted by atomic mass is 19.1. The Kier molecular flexibility index (Phi) is 5.38. The molecular weight excluding hydrogens is 221 g/mol. The Bertz CT molecular complexity index is 357. The Balaban J connectivity index is 2.71. The molecule has 0 aliphatic rings. The summed E-state index contributed by atoms with van der Waals surface area (Å²) in [5, 5.41) is 0. The molecule has 0 heterocycles. The van der Waals surface area contributed by atoms with E-state index in [1.54, 1.807) is 19.2 Å². The summed E-state index contributed by atoms with van der Waals surface area (Å²) in [5.41, 5.74) is 6.50.